The molecule has 0 aliphatic carbocycles. The van der Waals surface area contributed by atoms with E-state index >= 15 is 0 Å². The Morgan fingerprint density at radius 3 is 2.58 bits per heavy atom. The monoisotopic (exact) mass is 180 g/mol. The molecule has 0 saturated heterocycles. The van der Waals surface area contributed by atoms with Crippen LogP contribution >= 0.6 is 12.9 Å². The number of hydrogen-bond donors (Lipinski definition) is 1. The summed E-state index contributed by atoms with van der Waals surface area (Å²) in [5.41, 5.74) is 0.955. The predicted molar refractivity (Wildman–Crippen MR) is 50.6 cm³/mol. The van der Waals surface area contributed by atoms with E-state index < -0.39 is 5.97 Å². The first-order chi connectivity index (χ1) is 5.83. The fraction of sp³-hybridized carbons (Fsp3) is 0. The van der Waals surface area contributed by atoms with Crippen molar-refractivity contribution in [2.24, 2.45) is 0 Å². The molecule has 2 nitrogen and oxygen atoms in total. The molecule has 62 valence electrons. The van der Waals surface area contributed by atoms with Crippen molar-refractivity contribution in [1.82, 2.24) is 0 Å². The van der Waals surface area contributed by atoms with Gasteiger partial charge >= 0.3 is 5.97 Å². The zero-order valence-electron chi connectivity index (χ0n) is 6.31. The van der Waals surface area contributed by atoms with Crippen LogP contribution in [0.2, 0.25) is 0 Å². The van der Waals surface area contributed by atoms with Crippen LogP contribution in [-0.4, -0.2) is 5.97 Å². The molecule has 1 aromatic carbocycles. The van der Waals surface area contributed by atoms with E-state index in [1.807, 2.05) is 30.3 Å². The summed E-state index contributed by atoms with van der Waals surface area (Å²) < 4.78 is 4.14. The van der Waals surface area contributed by atoms with Crippen molar-refractivity contribution in [3.8, 4) is 0 Å². The van der Waals surface area contributed by atoms with Crippen LogP contribution in [0.25, 0.3) is 6.08 Å². The fourth-order valence-electron chi connectivity index (χ4n) is 0.759. The second-order valence-electron chi connectivity index (χ2n) is 2.15. The van der Waals surface area contributed by atoms with Crippen LogP contribution in [-0.2, 0) is 8.98 Å². The molecule has 1 aromatic rings. The summed E-state index contributed by atoms with van der Waals surface area (Å²) in [6.07, 6.45) is 2.99. The summed E-state index contributed by atoms with van der Waals surface area (Å²) in [5.74, 6) is -0.470. The van der Waals surface area contributed by atoms with Crippen LogP contribution in [0.4, 0.5) is 0 Å². The highest BCUT2D eigenvalue weighted by molar-refractivity contribution is 7.75. The fourth-order valence-corrected chi connectivity index (χ4v) is 0.820. The van der Waals surface area contributed by atoms with Crippen molar-refractivity contribution < 1.29 is 8.98 Å². The first-order valence-corrected chi connectivity index (χ1v) is 3.78. The summed E-state index contributed by atoms with van der Waals surface area (Å²) in [6.45, 7) is 0. The van der Waals surface area contributed by atoms with Gasteiger partial charge in [-0.15, -0.1) is 0 Å². The van der Waals surface area contributed by atoms with Crippen LogP contribution in [0.1, 0.15) is 5.56 Å². The molecule has 0 heterocycles. The average molecular weight is 180 g/mol. The quantitative estimate of drug-likeness (QED) is 0.428. The van der Waals surface area contributed by atoms with Crippen LogP contribution in [0.15, 0.2) is 36.4 Å². The standard InChI is InChI=1S/C9H8O2S/c10-9(11-12)7-6-8-4-2-1-3-5-8/h1-7,12H/b7-6+. The first kappa shape index (κ1) is 8.87. The molecule has 0 spiro atoms. The maximum Gasteiger partial charge on any atom is 0.342 e. The van der Waals surface area contributed by atoms with Crippen molar-refractivity contribution in [2.75, 3.05) is 0 Å². The lowest BCUT2D eigenvalue weighted by Crippen LogP contribution is -1.88. The van der Waals surface area contributed by atoms with E-state index in [0.717, 1.165) is 5.56 Å². The third-order valence-electron chi connectivity index (χ3n) is 1.30. The summed E-state index contributed by atoms with van der Waals surface area (Å²) in [6, 6.07) is 9.48. The van der Waals surface area contributed by atoms with Crippen LogP contribution in [0.5, 0.6) is 0 Å². The summed E-state index contributed by atoms with van der Waals surface area (Å²) in [4.78, 5) is 10.6. The van der Waals surface area contributed by atoms with Gasteiger partial charge in [0, 0.05) is 19.0 Å². The summed E-state index contributed by atoms with van der Waals surface area (Å²) in [7, 11) is 0. The topological polar surface area (TPSA) is 26.3 Å². The Hall–Kier alpha value is -1.22. The molecule has 0 amide bonds. The van der Waals surface area contributed by atoms with E-state index in [9.17, 15) is 4.79 Å². The van der Waals surface area contributed by atoms with Crippen molar-refractivity contribution in [1.29, 1.82) is 0 Å². The minimum absolute atomic E-state index is 0.470. The van der Waals surface area contributed by atoms with Crippen LogP contribution in [0.3, 0.4) is 0 Å². The first-order valence-electron chi connectivity index (χ1n) is 3.41. The van der Waals surface area contributed by atoms with Gasteiger partial charge in [-0.2, -0.15) is 0 Å². The van der Waals surface area contributed by atoms with E-state index in [1.165, 1.54) is 6.08 Å². The number of benzene rings is 1. The molecule has 1 rings (SSSR count). The van der Waals surface area contributed by atoms with Gasteiger partial charge in [-0.05, 0) is 11.6 Å². The van der Waals surface area contributed by atoms with Crippen molar-refractivity contribution in [3.05, 3.63) is 42.0 Å². The zero-order valence-corrected chi connectivity index (χ0v) is 7.20. The SMILES string of the molecule is O=C(/C=C/c1ccccc1)OS. The predicted octanol–water partition coefficient (Wildman–Crippen LogP) is 2.09. The van der Waals surface area contributed by atoms with Crippen molar-refractivity contribution in [2.45, 2.75) is 0 Å². The maximum atomic E-state index is 10.6. The molecule has 3 heteroatoms. The Morgan fingerprint density at radius 2 is 2.00 bits per heavy atom. The van der Waals surface area contributed by atoms with Gasteiger partial charge in [0.05, 0.1) is 0 Å². The van der Waals surface area contributed by atoms with E-state index in [-0.39, 0.29) is 0 Å². The number of rotatable bonds is 2. The molecule has 0 aromatic heterocycles. The molecule has 0 bridgehead atoms. The van der Waals surface area contributed by atoms with E-state index in [2.05, 4.69) is 17.1 Å². The Bertz CT molecular complexity index is 280. The van der Waals surface area contributed by atoms with Gasteiger partial charge in [-0.3, -0.25) is 0 Å². The summed E-state index contributed by atoms with van der Waals surface area (Å²) in [5, 5.41) is 0. The van der Waals surface area contributed by atoms with E-state index in [4.69, 9.17) is 0 Å². The Morgan fingerprint density at radius 1 is 1.33 bits per heavy atom. The highest BCUT2D eigenvalue weighted by atomic mass is 32.1. The molecule has 0 unspecified atom stereocenters. The molecule has 0 atom stereocenters. The second kappa shape index (κ2) is 4.62. The molecule has 0 aliphatic rings. The largest absolute Gasteiger partial charge is 0.391 e. The van der Waals surface area contributed by atoms with E-state index in [0.29, 0.717) is 0 Å². The van der Waals surface area contributed by atoms with Crippen molar-refractivity contribution >= 4 is 25.0 Å². The molecule has 0 aliphatic heterocycles. The molecule has 0 radical (unpaired) electrons. The Labute approximate surface area is 76.5 Å². The van der Waals surface area contributed by atoms with Gasteiger partial charge in [-0.25, -0.2) is 4.79 Å². The molecule has 0 fully saturated rings. The summed E-state index contributed by atoms with van der Waals surface area (Å²) >= 11 is 3.36. The lowest BCUT2D eigenvalue weighted by atomic mass is 10.2. The van der Waals surface area contributed by atoms with Gasteiger partial charge in [0.25, 0.3) is 0 Å². The van der Waals surface area contributed by atoms with Gasteiger partial charge < -0.3 is 4.18 Å². The zero-order chi connectivity index (χ0) is 8.81. The Kier molecular flexibility index (Phi) is 3.41. The van der Waals surface area contributed by atoms with Crippen LogP contribution in [0, 0.1) is 0 Å². The lowest BCUT2D eigenvalue weighted by Gasteiger charge is -1.90. The molecular weight excluding hydrogens is 172 g/mol. The normalized spacial score (nSPS) is 10.1. The van der Waals surface area contributed by atoms with Crippen molar-refractivity contribution in [3.63, 3.8) is 0 Å². The third kappa shape index (κ3) is 2.80. The molecule has 12 heavy (non-hydrogen) atoms. The maximum absolute atomic E-state index is 10.6. The highest BCUT2D eigenvalue weighted by Gasteiger charge is 1.90. The Balaban J connectivity index is 2.64. The number of thiol groups is 1. The minimum atomic E-state index is -0.470. The molecule has 0 saturated carbocycles. The van der Waals surface area contributed by atoms with Crippen LogP contribution < -0.4 is 0 Å². The van der Waals surface area contributed by atoms with Gasteiger partial charge in [0.2, 0.25) is 0 Å². The second-order valence-corrected chi connectivity index (χ2v) is 2.34. The van der Waals surface area contributed by atoms with E-state index in [1.54, 1.807) is 6.08 Å². The average Bonchev–Trinajstić information content (AvgIpc) is 2.16. The third-order valence-corrected chi connectivity index (χ3v) is 1.48. The number of carbonyl (C=O) groups excluding carboxylic acids is 1. The smallest absolute Gasteiger partial charge is 0.342 e. The van der Waals surface area contributed by atoms with Gasteiger partial charge in [-0.1, -0.05) is 30.3 Å². The highest BCUT2D eigenvalue weighted by Crippen LogP contribution is 2.01. The van der Waals surface area contributed by atoms with Gasteiger partial charge in [0.1, 0.15) is 0 Å². The number of carbonyl (C=O) groups is 1. The molecular formula is C9H8O2S. The molecule has 0 N–H and O–H groups in total. The minimum Gasteiger partial charge on any atom is -0.391 e. The number of hydrogen-bond acceptors (Lipinski definition) is 3. The lowest BCUT2D eigenvalue weighted by molar-refractivity contribution is -0.127. The van der Waals surface area contributed by atoms with Gasteiger partial charge in [0.15, 0.2) is 0 Å².